The second kappa shape index (κ2) is 6.47. The predicted molar refractivity (Wildman–Crippen MR) is 71.7 cm³/mol. The number of benzene rings is 2. The van der Waals surface area contributed by atoms with Crippen molar-refractivity contribution < 1.29 is 22.3 Å². The molecule has 0 saturated carbocycles. The van der Waals surface area contributed by atoms with Crippen molar-refractivity contribution in [2.75, 3.05) is 11.9 Å². The highest BCUT2D eigenvalue weighted by atomic mass is 19.4. The SMILES string of the molecule is Fc1cccc(CNc2ccccc2OCC(F)(F)F)c1. The molecule has 0 fully saturated rings. The Kier molecular flexibility index (Phi) is 4.67. The summed E-state index contributed by atoms with van der Waals surface area (Å²) in [6, 6.07) is 12.3. The lowest BCUT2D eigenvalue weighted by Gasteiger charge is -2.14. The lowest BCUT2D eigenvalue weighted by Crippen LogP contribution is -2.19. The van der Waals surface area contributed by atoms with E-state index in [1.165, 1.54) is 18.2 Å². The van der Waals surface area contributed by atoms with Gasteiger partial charge in [-0.15, -0.1) is 0 Å². The molecule has 0 aromatic heterocycles. The fourth-order valence-corrected chi connectivity index (χ4v) is 1.74. The molecule has 0 heterocycles. The predicted octanol–water partition coefficient (Wildman–Crippen LogP) is 4.38. The number of anilines is 1. The molecule has 2 rings (SSSR count). The number of rotatable bonds is 5. The van der Waals surface area contributed by atoms with Gasteiger partial charge in [0.2, 0.25) is 0 Å². The fraction of sp³-hybridized carbons (Fsp3) is 0.200. The summed E-state index contributed by atoms with van der Waals surface area (Å²) in [6.07, 6.45) is -4.39. The lowest BCUT2D eigenvalue weighted by molar-refractivity contribution is -0.153. The van der Waals surface area contributed by atoms with Gasteiger partial charge in [-0.1, -0.05) is 24.3 Å². The van der Waals surface area contributed by atoms with Crippen molar-refractivity contribution in [1.82, 2.24) is 0 Å². The Balaban J connectivity index is 2.03. The summed E-state index contributed by atoms with van der Waals surface area (Å²) < 4.78 is 54.3. The van der Waals surface area contributed by atoms with Crippen molar-refractivity contribution in [3.63, 3.8) is 0 Å². The number of halogens is 4. The first kappa shape index (κ1) is 15.2. The van der Waals surface area contributed by atoms with Gasteiger partial charge in [-0.05, 0) is 29.8 Å². The molecule has 2 aromatic carbocycles. The van der Waals surface area contributed by atoms with Crippen LogP contribution in [0.2, 0.25) is 0 Å². The smallest absolute Gasteiger partial charge is 0.422 e. The molecule has 1 N–H and O–H groups in total. The molecule has 6 heteroatoms. The topological polar surface area (TPSA) is 21.3 Å². The Bertz CT molecular complexity index is 598. The molecule has 0 aliphatic rings. The molecule has 0 bridgehead atoms. The van der Waals surface area contributed by atoms with E-state index in [1.54, 1.807) is 30.3 Å². The minimum Gasteiger partial charge on any atom is -0.482 e. The van der Waals surface area contributed by atoms with Gasteiger partial charge in [0.1, 0.15) is 11.6 Å². The lowest BCUT2D eigenvalue weighted by atomic mass is 10.2. The summed E-state index contributed by atoms with van der Waals surface area (Å²) in [7, 11) is 0. The van der Waals surface area contributed by atoms with E-state index in [0.29, 0.717) is 11.3 Å². The van der Waals surface area contributed by atoms with Gasteiger partial charge in [-0.3, -0.25) is 0 Å². The van der Waals surface area contributed by atoms with Gasteiger partial charge >= 0.3 is 6.18 Å². The van der Waals surface area contributed by atoms with E-state index in [2.05, 4.69) is 5.32 Å². The van der Waals surface area contributed by atoms with Crippen LogP contribution in [0.4, 0.5) is 23.2 Å². The summed E-state index contributed by atoms with van der Waals surface area (Å²) in [6.45, 7) is -1.07. The van der Waals surface area contributed by atoms with Crippen molar-refractivity contribution in [3.8, 4) is 5.75 Å². The Hall–Kier alpha value is -2.24. The zero-order valence-electron chi connectivity index (χ0n) is 11.0. The molecule has 0 unspecified atom stereocenters. The van der Waals surface area contributed by atoms with Crippen molar-refractivity contribution >= 4 is 5.69 Å². The van der Waals surface area contributed by atoms with Gasteiger partial charge in [0.25, 0.3) is 0 Å². The zero-order chi connectivity index (χ0) is 15.3. The van der Waals surface area contributed by atoms with Crippen LogP contribution in [0.15, 0.2) is 48.5 Å². The normalized spacial score (nSPS) is 11.2. The van der Waals surface area contributed by atoms with Gasteiger partial charge in [0.05, 0.1) is 5.69 Å². The number of ether oxygens (including phenoxy) is 1. The Morgan fingerprint density at radius 3 is 2.48 bits per heavy atom. The average molecular weight is 299 g/mol. The Labute approximate surface area is 119 Å². The molecule has 21 heavy (non-hydrogen) atoms. The molecular formula is C15H13F4NO. The van der Waals surface area contributed by atoms with E-state index < -0.39 is 12.8 Å². The van der Waals surface area contributed by atoms with Gasteiger partial charge < -0.3 is 10.1 Å². The minimum absolute atomic E-state index is 0.103. The minimum atomic E-state index is -4.39. The van der Waals surface area contributed by atoms with Crippen molar-refractivity contribution in [1.29, 1.82) is 0 Å². The highest BCUT2D eigenvalue weighted by molar-refractivity contribution is 5.56. The van der Waals surface area contributed by atoms with Crippen LogP contribution in [-0.4, -0.2) is 12.8 Å². The standard InChI is InChI=1S/C15H13F4NO/c16-12-5-3-4-11(8-12)9-20-13-6-1-2-7-14(13)21-10-15(17,18)19/h1-8,20H,9-10H2. The number of alkyl halides is 3. The van der Waals surface area contributed by atoms with E-state index in [4.69, 9.17) is 4.74 Å². The summed E-state index contributed by atoms with van der Waals surface area (Å²) in [5.74, 6) is -0.262. The van der Waals surface area contributed by atoms with Crippen LogP contribution in [0.25, 0.3) is 0 Å². The van der Waals surface area contributed by atoms with E-state index in [-0.39, 0.29) is 18.1 Å². The van der Waals surface area contributed by atoms with Crippen molar-refractivity contribution in [2.24, 2.45) is 0 Å². The number of para-hydroxylation sites is 2. The van der Waals surface area contributed by atoms with E-state index in [0.717, 1.165) is 0 Å². The number of hydrogen-bond acceptors (Lipinski definition) is 2. The third-order valence-corrected chi connectivity index (χ3v) is 2.65. The maximum Gasteiger partial charge on any atom is 0.422 e. The van der Waals surface area contributed by atoms with E-state index in [9.17, 15) is 17.6 Å². The summed E-state index contributed by atoms with van der Waals surface area (Å²) in [4.78, 5) is 0. The molecular weight excluding hydrogens is 286 g/mol. The highest BCUT2D eigenvalue weighted by Gasteiger charge is 2.28. The third-order valence-electron chi connectivity index (χ3n) is 2.65. The van der Waals surface area contributed by atoms with Gasteiger partial charge in [-0.2, -0.15) is 13.2 Å². The number of hydrogen-bond donors (Lipinski definition) is 1. The second-order valence-corrected chi connectivity index (χ2v) is 4.38. The van der Waals surface area contributed by atoms with Gasteiger partial charge in [-0.25, -0.2) is 4.39 Å². The van der Waals surface area contributed by atoms with Crippen LogP contribution in [0, 0.1) is 5.82 Å². The largest absolute Gasteiger partial charge is 0.482 e. The summed E-state index contributed by atoms with van der Waals surface area (Å²) in [5, 5.41) is 2.93. The summed E-state index contributed by atoms with van der Waals surface area (Å²) >= 11 is 0. The Morgan fingerprint density at radius 1 is 1.00 bits per heavy atom. The van der Waals surface area contributed by atoms with Crippen molar-refractivity contribution in [3.05, 3.63) is 59.9 Å². The Morgan fingerprint density at radius 2 is 1.76 bits per heavy atom. The molecule has 0 aliphatic carbocycles. The maximum absolute atomic E-state index is 13.0. The molecule has 2 nitrogen and oxygen atoms in total. The van der Waals surface area contributed by atoms with E-state index >= 15 is 0 Å². The van der Waals surface area contributed by atoms with Crippen LogP contribution >= 0.6 is 0 Å². The van der Waals surface area contributed by atoms with Gasteiger partial charge in [0, 0.05) is 6.54 Å². The molecule has 0 atom stereocenters. The monoisotopic (exact) mass is 299 g/mol. The summed E-state index contributed by atoms with van der Waals surface area (Å²) in [5.41, 5.74) is 1.10. The molecule has 0 radical (unpaired) electrons. The van der Waals surface area contributed by atoms with Crippen LogP contribution in [0.3, 0.4) is 0 Å². The van der Waals surface area contributed by atoms with Crippen LogP contribution in [-0.2, 0) is 6.54 Å². The quantitative estimate of drug-likeness (QED) is 0.827. The van der Waals surface area contributed by atoms with Crippen molar-refractivity contribution in [2.45, 2.75) is 12.7 Å². The number of nitrogens with one attached hydrogen (secondary N) is 1. The highest BCUT2D eigenvalue weighted by Crippen LogP contribution is 2.26. The molecule has 112 valence electrons. The maximum atomic E-state index is 13.0. The first-order chi connectivity index (χ1) is 9.94. The zero-order valence-corrected chi connectivity index (χ0v) is 11.0. The first-order valence-corrected chi connectivity index (χ1v) is 6.21. The van der Waals surface area contributed by atoms with Crippen LogP contribution < -0.4 is 10.1 Å². The molecule has 0 saturated heterocycles. The molecule has 0 amide bonds. The second-order valence-electron chi connectivity index (χ2n) is 4.38. The van der Waals surface area contributed by atoms with Crippen LogP contribution in [0.1, 0.15) is 5.56 Å². The molecule has 0 spiro atoms. The van der Waals surface area contributed by atoms with Crippen LogP contribution in [0.5, 0.6) is 5.75 Å². The molecule has 2 aromatic rings. The van der Waals surface area contributed by atoms with Gasteiger partial charge in [0.15, 0.2) is 6.61 Å². The first-order valence-electron chi connectivity index (χ1n) is 6.21. The van der Waals surface area contributed by atoms with E-state index in [1.807, 2.05) is 0 Å². The molecule has 0 aliphatic heterocycles. The fourth-order valence-electron chi connectivity index (χ4n) is 1.74. The average Bonchev–Trinajstić information content (AvgIpc) is 2.43. The third kappa shape index (κ3) is 4.98.